The average Bonchev–Trinajstić information content (AvgIpc) is 2.18. The number of pyridine rings is 1. The van der Waals surface area contributed by atoms with Crippen molar-refractivity contribution in [2.24, 2.45) is 11.7 Å². The van der Waals surface area contributed by atoms with Gasteiger partial charge in [-0.05, 0) is 29.7 Å². The monoisotopic (exact) mass is 210 g/mol. The summed E-state index contributed by atoms with van der Waals surface area (Å²) in [6.45, 7) is 5.06. The van der Waals surface area contributed by atoms with E-state index in [2.05, 4.69) is 18.8 Å². The van der Waals surface area contributed by atoms with Crippen molar-refractivity contribution in [2.45, 2.75) is 31.8 Å². The van der Waals surface area contributed by atoms with Crippen LogP contribution in [-0.4, -0.2) is 10.7 Å². The largest absolute Gasteiger partial charge is 0.326 e. The molecule has 1 rings (SSSR count). The Labute approximate surface area is 90.3 Å². The van der Waals surface area contributed by atoms with E-state index in [4.69, 9.17) is 5.73 Å². The summed E-state index contributed by atoms with van der Waals surface area (Å²) in [6, 6.07) is 3.99. The highest BCUT2D eigenvalue weighted by molar-refractivity contribution is 7.99. The van der Waals surface area contributed by atoms with Gasteiger partial charge in [-0.1, -0.05) is 19.9 Å². The Morgan fingerprint density at radius 1 is 1.50 bits per heavy atom. The van der Waals surface area contributed by atoms with E-state index in [0.717, 1.165) is 22.3 Å². The van der Waals surface area contributed by atoms with Gasteiger partial charge in [-0.3, -0.25) is 0 Å². The molecule has 0 saturated heterocycles. The molecule has 0 amide bonds. The van der Waals surface area contributed by atoms with Gasteiger partial charge in [0, 0.05) is 12.7 Å². The molecule has 0 saturated carbocycles. The fourth-order valence-corrected chi connectivity index (χ4v) is 2.36. The average molecular weight is 210 g/mol. The lowest BCUT2D eigenvalue weighted by molar-refractivity contribution is 0.632. The van der Waals surface area contributed by atoms with Crippen LogP contribution in [0.4, 0.5) is 0 Å². The van der Waals surface area contributed by atoms with Crippen molar-refractivity contribution in [1.82, 2.24) is 4.98 Å². The van der Waals surface area contributed by atoms with Gasteiger partial charge in [-0.15, -0.1) is 11.8 Å². The summed E-state index contributed by atoms with van der Waals surface area (Å²) in [5, 5.41) is 1.09. The minimum atomic E-state index is 0.581. The zero-order chi connectivity index (χ0) is 10.4. The minimum absolute atomic E-state index is 0.581. The smallest absolute Gasteiger partial charge is 0.100 e. The van der Waals surface area contributed by atoms with Crippen LogP contribution >= 0.6 is 11.8 Å². The third kappa shape index (κ3) is 3.68. The molecular formula is C11H18N2S. The van der Waals surface area contributed by atoms with Crippen LogP contribution in [0.5, 0.6) is 0 Å². The summed E-state index contributed by atoms with van der Waals surface area (Å²) in [5.41, 5.74) is 6.78. The Bertz CT molecular complexity index is 274. The molecule has 0 aliphatic carbocycles. The summed E-state index contributed by atoms with van der Waals surface area (Å²) in [7, 11) is 0. The van der Waals surface area contributed by atoms with E-state index in [-0.39, 0.29) is 0 Å². The molecule has 0 fully saturated rings. The fraction of sp³-hybridized carbons (Fsp3) is 0.545. The molecule has 0 unspecified atom stereocenters. The summed E-state index contributed by atoms with van der Waals surface area (Å²) < 4.78 is 0. The second-order valence-electron chi connectivity index (χ2n) is 3.70. The topological polar surface area (TPSA) is 38.9 Å². The van der Waals surface area contributed by atoms with Crippen LogP contribution in [0.2, 0.25) is 0 Å². The van der Waals surface area contributed by atoms with Crippen LogP contribution in [0, 0.1) is 5.92 Å². The van der Waals surface area contributed by atoms with E-state index in [0.29, 0.717) is 6.54 Å². The molecule has 14 heavy (non-hydrogen) atoms. The van der Waals surface area contributed by atoms with Crippen LogP contribution in [0.1, 0.15) is 25.8 Å². The zero-order valence-electron chi connectivity index (χ0n) is 8.86. The summed E-state index contributed by atoms with van der Waals surface area (Å²) in [6.07, 6.45) is 3.06. The predicted octanol–water partition coefficient (Wildman–Crippen LogP) is 2.68. The predicted molar refractivity (Wildman–Crippen MR) is 62.3 cm³/mol. The van der Waals surface area contributed by atoms with Gasteiger partial charge < -0.3 is 5.73 Å². The van der Waals surface area contributed by atoms with E-state index < -0.39 is 0 Å². The van der Waals surface area contributed by atoms with Crippen molar-refractivity contribution < 1.29 is 0 Å². The number of hydrogen-bond donors (Lipinski definition) is 1. The standard InChI is InChI=1S/C11H18N2S/c1-9(2)5-7-14-11-10(8-12)4-3-6-13-11/h3-4,6,9H,5,7-8,12H2,1-2H3. The van der Waals surface area contributed by atoms with E-state index in [1.807, 2.05) is 30.1 Å². The number of aromatic nitrogens is 1. The maximum absolute atomic E-state index is 5.63. The lowest BCUT2D eigenvalue weighted by Gasteiger charge is -2.06. The first-order valence-electron chi connectivity index (χ1n) is 5.00. The maximum Gasteiger partial charge on any atom is 0.100 e. The van der Waals surface area contributed by atoms with Crippen molar-refractivity contribution in [3.63, 3.8) is 0 Å². The third-order valence-corrected chi connectivity index (χ3v) is 3.08. The Hall–Kier alpha value is -0.540. The highest BCUT2D eigenvalue weighted by Crippen LogP contribution is 2.21. The second-order valence-corrected chi connectivity index (χ2v) is 4.79. The Balaban J connectivity index is 2.49. The molecule has 0 aliphatic heterocycles. The van der Waals surface area contributed by atoms with Gasteiger partial charge in [-0.2, -0.15) is 0 Å². The van der Waals surface area contributed by atoms with Gasteiger partial charge in [0.2, 0.25) is 0 Å². The van der Waals surface area contributed by atoms with E-state index in [9.17, 15) is 0 Å². The van der Waals surface area contributed by atoms with Crippen molar-refractivity contribution in [3.05, 3.63) is 23.9 Å². The summed E-state index contributed by atoms with van der Waals surface area (Å²) in [5.74, 6) is 1.88. The first-order chi connectivity index (χ1) is 6.74. The van der Waals surface area contributed by atoms with Crippen molar-refractivity contribution >= 4 is 11.8 Å². The van der Waals surface area contributed by atoms with Crippen LogP contribution in [0.3, 0.4) is 0 Å². The first-order valence-corrected chi connectivity index (χ1v) is 5.99. The van der Waals surface area contributed by atoms with E-state index in [1.165, 1.54) is 6.42 Å². The highest BCUT2D eigenvalue weighted by atomic mass is 32.2. The van der Waals surface area contributed by atoms with Gasteiger partial charge in [0.25, 0.3) is 0 Å². The SMILES string of the molecule is CC(C)CCSc1ncccc1CN. The lowest BCUT2D eigenvalue weighted by Crippen LogP contribution is -2.00. The molecule has 0 bridgehead atoms. The van der Waals surface area contributed by atoms with Gasteiger partial charge in [0.05, 0.1) is 0 Å². The Morgan fingerprint density at radius 2 is 2.29 bits per heavy atom. The molecule has 0 radical (unpaired) electrons. The summed E-state index contributed by atoms with van der Waals surface area (Å²) >= 11 is 1.81. The molecule has 0 aliphatic rings. The molecule has 78 valence electrons. The number of thioether (sulfide) groups is 1. The molecule has 2 nitrogen and oxygen atoms in total. The minimum Gasteiger partial charge on any atom is -0.326 e. The highest BCUT2D eigenvalue weighted by Gasteiger charge is 2.02. The van der Waals surface area contributed by atoms with Crippen LogP contribution in [-0.2, 0) is 6.54 Å². The van der Waals surface area contributed by atoms with Gasteiger partial charge in [-0.25, -0.2) is 4.98 Å². The van der Waals surface area contributed by atoms with Crippen molar-refractivity contribution in [2.75, 3.05) is 5.75 Å². The molecule has 3 heteroatoms. The van der Waals surface area contributed by atoms with Crippen molar-refractivity contribution in [1.29, 1.82) is 0 Å². The third-order valence-electron chi connectivity index (χ3n) is 2.00. The normalized spacial score (nSPS) is 10.9. The molecule has 1 heterocycles. The molecule has 1 aromatic rings. The molecule has 2 N–H and O–H groups in total. The van der Waals surface area contributed by atoms with Crippen molar-refractivity contribution in [3.8, 4) is 0 Å². The molecule has 0 spiro atoms. The molecular weight excluding hydrogens is 192 g/mol. The second kappa shape index (κ2) is 6.04. The number of rotatable bonds is 5. The number of nitrogens with zero attached hydrogens (tertiary/aromatic N) is 1. The molecule has 0 atom stereocenters. The Morgan fingerprint density at radius 3 is 2.93 bits per heavy atom. The Kier molecular flexibility index (Phi) is 4.98. The fourth-order valence-electron chi connectivity index (χ4n) is 1.10. The number of hydrogen-bond acceptors (Lipinski definition) is 3. The van der Waals surface area contributed by atoms with Gasteiger partial charge in [0.1, 0.15) is 5.03 Å². The summed E-state index contributed by atoms with van der Waals surface area (Å²) in [4.78, 5) is 4.33. The first kappa shape index (κ1) is 11.5. The zero-order valence-corrected chi connectivity index (χ0v) is 9.68. The van der Waals surface area contributed by atoms with E-state index >= 15 is 0 Å². The van der Waals surface area contributed by atoms with E-state index in [1.54, 1.807) is 0 Å². The quantitative estimate of drug-likeness (QED) is 0.759. The maximum atomic E-state index is 5.63. The molecule has 1 aromatic heterocycles. The lowest BCUT2D eigenvalue weighted by atomic mass is 10.2. The number of nitrogens with two attached hydrogens (primary N) is 1. The van der Waals surface area contributed by atoms with Gasteiger partial charge >= 0.3 is 0 Å². The van der Waals surface area contributed by atoms with Crippen LogP contribution in [0.15, 0.2) is 23.4 Å². The van der Waals surface area contributed by atoms with Gasteiger partial charge in [0.15, 0.2) is 0 Å². The van der Waals surface area contributed by atoms with Crippen LogP contribution < -0.4 is 5.73 Å². The molecule has 0 aromatic carbocycles. The van der Waals surface area contributed by atoms with Crippen LogP contribution in [0.25, 0.3) is 0 Å².